The summed E-state index contributed by atoms with van der Waals surface area (Å²) < 4.78 is 6.07. The summed E-state index contributed by atoms with van der Waals surface area (Å²) >= 11 is 6.67. The minimum Gasteiger partial charge on any atom is -0.482 e. The molecule has 1 amide bonds. The number of thiazole rings is 1. The fraction of sp³-hybridized carbons (Fsp3) is 0.167. The first-order chi connectivity index (χ1) is 8.63. The van der Waals surface area contributed by atoms with Gasteiger partial charge in [-0.1, -0.05) is 0 Å². The first-order valence-electron chi connectivity index (χ1n) is 5.40. The average molecular weight is 278 g/mol. The highest BCUT2D eigenvalue weighted by molar-refractivity contribution is 7.73. The molecule has 0 spiro atoms. The molecular weight excluding hydrogens is 268 g/mol. The lowest BCUT2D eigenvalue weighted by molar-refractivity contribution is -0.118. The van der Waals surface area contributed by atoms with Crippen LogP contribution in [-0.4, -0.2) is 17.5 Å². The number of benzene rings is 1. The summed E-state index contributed by atoms with van der Waals surface area (Å²) in [6.45, 7) is 2.09. The second kappa shape index (κ2) is 4.22. The molecule has 18 heavy (non-hydrogen) atoms. The number of H-pyrrole nitrogens is 1. The van der Waals surface area contributed by atoms with Crippen molar-refractivity contribution in [2.75, 3.05) is 11.9 Å². The van der Waals surface area contributed by atoms with Crippen LogP contribution in [0, 0.1) is 10.9 Å². The third kappa shape index (κ3) is 1.93. The summed E-state index contributed by atoms with van der Waals surface area (Å²) in [4.78, 5) is 15.6. The van der Waals surface area contributed by atoms with Gasteiger partial charge in [0.1, 0.15) is 5.75 Å². The lowest BCUT2D eigenvalue weighted by Gasteiger charge is -2.18. The number of amides is 1. The van der Waals surface area contributed by atoms with Crippen LogP contribution in [-0.2, 0) is 4.79 Å². The van der Waals surface area contributed by atoms with Crippen molar-refractivity contribution in [1.29, 1.82) is 0 Å². The van der Waals surface area contributed by atoms with E-state index in [-0.39, 0.29) is 12.5 Å². The van der Waals surface area contributed by atoms with E-state index in [1.165, 1.54) is 0 Å². The quantitative estimate of drug-likeness (QED) is 0.788. The van der Waals surface area contributed by atoms with E-state index < -0.39 is 0 Å². The molecule has 4 nitrogen and oxygen atoms in total. The molecule has 1 aliphatic heterocycles. The number of carbonyl (C=O) groups is 1. The summed E-state index contributed by atoms with van der Waals surface area (Å²) in [7, 11) is 0. The Labute approximate surface area is 113 Å². The smallest absolute Gasteiger partial charge is 0.262 e. The standard InChI is InChI=1S/C12H10N2O2S2/c1-6-11(14-12(17)18-6)7-2-3-9-8(4-7)13-10(15)5-16-9/h2-4H,5H2,1H3,(H,13,15)(H,14,17). The van der Waals surface area contributed by atoms with Gasteiger partial charge in [-0.25, -0.2) is 0 Å². The van der Waals surface area contributed by atoms with Crippen LogP contribution in [0.2, 0.25) is 0 Å². The third-order valence-corrected chi connectivity index (χ3v) is 3.88. The number of anilines is 1. The molecule has 0 fully saturated rings. The van der Waals surface area contributed by atoms with Crippen LogP contribution in [0.25, 0.3) is 11.3 Å². The van der Waals surface area contributed by atoms with E-state index in [9.17, 15) is 4.79 Å². The number of hydrogen-bond donors (Lipinski definition) is 2. The summed E-state index contributed by atoms with van der Waals surface area (Å²) in [5.41, 5.74) is 2.69. The molecule has 0 atom stereocenters. The molecule has 2 aromatic rings. The molecule has 2 N–H and O–H groups in total. The Bertz CT molecular complexity index is 688. The SMILES string of the molecule is Cc1sc(=S)[nH]c1-c1ccc2c(c1)NC(=O)CO2. The van der Waals surface area contributed by atoms with E-state index in [1.54, 1.807) is 11.3 Å². The van der Waals surface area contributed by atoms with Gasteiger partial charge < -0.3 is 15.0 Å². The largest absolute Gasteiger partial charge is 0.482 e. The van der Waals surface area contributed by atoms with Crippen molar-refractivity contribution < 1.29 is 9.53 Å². The summed E-state index contributed by atoms with van der Waals surface area (Å²) in [5.74, 6) is 0.569. The second-order valence-corrected chi connectivity index (χ2v) is 5.88. The van der Waals surface area contributed by atoms with Gasteiger partial charge in [-0.15, -0.1) is 11.3 Å². The van der Waals surface area contributed by atoms with Crippen molar-refractivity contribution in [2.24, 2.45) is 0 Å². The van der Waals surface area contributed by atoms with E-state index >= 15 is 0 Å². The fourth-order valence-corrected chi connectivity index (χ4v) is 3.10. The third-order valence-electron chi connectivity index (χ3n) is 2.73. The van der Waals surface area contributed by atoms with Gasteiger partial charge in [-0.3, -0.25) is 4.79 Å². The average Bonchev–Trinajstić information content (AvgIpc) is 2.67. The minimum atomic E-state index is -0.130. The molecule has 3 rings (SSSR count). The summed E-state index contributed by atoms with van der Waals surface area (Å²) in [6.07, 6.45) is 0. The van der Waals surface area contributed by atoms with Crippen molar-refractivity contribution >= 4 is 35.1 Å². The van der Waals surface area contributed by atoms with Crippen LogP contribution in [0.15, 0.2) is 18.2 Å². The highest BCUT2D eigenvalue weighted by Crippen LogP contribution is 2.34. The van der Waals surface area contributed by atoms with Crippen molar-refractivity contribution in [3.05, 3.63) is 27.0 Å². The Kier molecular flexibility index (Phi) is 2.68. The number of aromatic nitrogens is 1. The number of fused-ring (bicyclic) bond motifs is 1. The minimum absolute atomic E-state index is 0.0757. The van der Waals surface area contributed by atoms with Gasteiger partial charge in [0.15, 0.2) is 10.6 Å². The Morgan fingerprint density at radius 1 is 1.44 bits per heavy atom. The van der Waals surface area contributed by atoms with Crippen LogP contribution in [0.5, 0.6) is 5.75 Å². The van der Waals surface area contributed by atoms with E-state index in [1.807, 2.05) is 25.1 Å². The van der Waals surface area contributed by atoms with Crippen LogP contribution < -0.4 is 10.1 Å². The molecule has 0 saturated heterocycles. The Hall–Kier alpha value is -1.66. The predicted molar refractivity (Wildman–Crippen MR) is 73.8 cm³/mol. The number of carbonyl (C=O) groups excluding carboxylic acids is 1. The molecule has 0 bridgehead atoms. The van der Waals surface area contributed by atoms with E-state index in [0.29, 0.717) is 11.4 Å². The zero-order valence-corrected chi connectivity index (χ0v) is 11.2. The number of aryl methyl sites for hydroxylation is 1. The van der Waals surface area contributed by atoms with Gasteiger partial charge in [0.25, 0.3) is 5.91 Å². The molecule has 6 heteroatoms. The Morgan fingerprint density at radius 2 is 2.28 bits per heavy atom. The lowest BCUT2D eigenvalue weighted by Crippen LogP contribution is -2.25. The summed E-state index contributed by atoms with van der Waals surface area (Å²) in [6, 6.07) is 5.71. The number of rotatable bonds is 1. The van der Waals surface area contributed by atoms with Gasteiger partial charge in [-0.05, 0) is 37.3 Å². The molecule has 1 aromatic heterocycles. The normalized spacial score (nSPS) is 13.7. The van der Waals surface area contributed by atoms with Gasteiger partial charge in [-0.2, -0.15) is 0 Å². The zero-order chi connectivity index (χ0) is 12.7. The second-order valence-electron chi connectivity index (χ2n) is 3.99. The maximum Gasteiger partial charge on any atom is 0.262 e. The van der Waals surface area contributed by atoms with Crippen LogP contribution in [0.1, 0.15) is 4.88 Å². The molecule has 1 aliphatic rings. The van der Waals surface area contributed by atoms with Crippen molar-refractivity contribution in [3.63, 3.8) is 0 Å². The van der Waals surface area contributed by atoms with Gasteiger partial charge in [0.2, 0.25) is 0 Å². The summed E-state index contributed by atoms with van der Waals surface area (Å²) in [5, 5.41) is 2.80. The highest BCUT2D eigenvalue weighted by atomic mass is 32.1. The molecule has 2 heterocycles. The zero-order valence-electron chi connectivity index (χ0n) is 9.57. The topological polar surface area (TPSA) is 54.1 Å². The van der Waals surface area contributed by atoms with E-state index in [0.717, 1.165) is 20.1 Å². The number of ether oxygens (including phenoxy) is 1. The van der Waals surface area contributed by atoms with Gasteiger partial charge in [0.05, 0.1) is 11.4 Å². The maximum atomic E-state index is 11.3. The maximum absolute atomic E-state index is 11.3. The van der Waals surface area contributed by atoms with Crippen LogP contribution >= 0.6 is 23.6 Å². The lowest BCUT2D eigenvalue weighted by atomic mass is 10.1. The number of hydrogen-bond acceptors (Lipinski definition) is 4. The molecule has 1 aromatic carbocycles. The van der Waals surface area contributed by atoms with Gasteiger partial charge >= 0.3 is 0 Å². The molecule has 92 valence electrons. The molecular formula is C12H10N2O2S2. The molecule has 0 unspecified atom stereocenters. The fourth-order valence-electron chi connectivity index (χ4n) is 1.92. The predicted octanol–water partition coefficient (Wildman–Crippen LogP) is 3.11. The Morgan fingerprint density at radius 3 is 3.00 bits per heavy atom. The Balaban J connectivity index is 2.09. The number of nitrogens with one attached hydrogen (secondary N) is 2. The molecule has 0 aliphatic carbocycles. The van der Waals surface area contributed by atoms with Crippen LogP contribution in [0.3, 0.4) is 0 Å². The van der Waals surface area contributed by atoms with Crippen molar-refractivity contribution in [3.8, 4) is 17.0 Å². The van der Waals surface area contributed by atoms with E-state index in [2.05, 4.69) is 10.3 Å². The van der Waals surface area contributed by atoms with Crippen LogP contribution in [0.4, 0.5) is 5.69 Å². The molecule has 0 saturated carbocycles. The first kappa shape index (κ1) is 11.4. The van der Waals surface area contributed by atoms with Crippen molar-refractivity contribution in [1.82, 2.24) is 4.98 Å². The van der Waals surface area contributed by atoms with Gasteiger partial charge in [0, 0.05) is 10.4 Å². The highest BCUT2D eigenvalue weighted by Gasteiger charge is 2.17. The first-order valence-corrected chi connectivity index (χ1v) is 6.63. The van der Waals surface area contributed by atoms with E-state index in [4.69, 9.17) is 17.0 Å². The molecule has 0 radical (unpaired) electrons. The van der Waals surface area contributed by atoms with Crippen molar-refractivity contribution in [2.45, 2.75) is 6.92 Å². The number of aromatic amines is 1. The monoisotopic (exact) mass is 278 g/mol.